The van der Waals surface area contributed by atoms with Crippen molar-refractivity contribution >= 4 is 11.4 Å². The van der Waals surface area contributed by atoms with Gasteiger partial charge in [-0.15, -0.1) is 0 Å². The molecule has 1 saturated heterocycles. The molecule has 1 aliphatic rings. The van der Waals surface area contributed by atoms with Crippen molar-refractivity contribution in [2.75, 3.05) is 29.6 Å². The average Bonchev–Trinajstić information content (AvgIpc) is 2.85. The Morgan fingerprint density at radius 2 is 0.870 bits per heavy atom. The van der Waals surface area contributed by atoms with Crippen molar-refractivity contribution in [2.24, 2.45) is 0 Å². The summed E-state index contributed by atoms with van der Waals surface area (Å²) in [6.45, 7) is -0.0929. The van der Waals surface area contributed by atoms with Gasteiger partial charge in [-0.2, -0.15) is 0 Å². The van der Waals surface area contributed by atoms with Gasteiger partial charge >= 0.3 is 0 Å². The van der Waals surface area contributed by atoms with Crippen LogP contribution in [0.15, 0.2) is 24.3 Å². The molecule has 0 aliphatic carbocycles. The largest absolute Gasteiger partial charge is 0.347 e. The lowest BCUT2D eigenvalue weighted by molar-refractivity contribution is 0.538. The first-order valence-corrected chi connectivity index (χ1v) is 6.66. The van der Waals surface area contributed by atoms with Gasteiger partial charge < -0.3 is 9.80 Å². The van der Waals surface area contributed by atoms with E-state index < -0.39 is 46.3 Å². The summed E-state index contributed by atoms with van der Waals surface area (Å²) >= 11 is 0. The lowest BCUT2D eigenvalue weighted by atomic mass is 10.2. The zero-order chi connectivity index (χ0) is 16.7. The minimum Gasteiger partial charge on any atom is -0.347 e. The molecule has 0 radical (unpaired) electrons. The van der Waals surface area contributed by atoms with E-state index in [1.165, 1.54) is 9.80 Å². The third-order valence-corrected chi connectivity index (χ3v) is 3.58. The second-order valence-corrected chi connectivity index (χ2v) is 5.10. The average molecular weight is 332 g/mol. The van der Waals surface area contributed by atoms with E-state index in [4.69, 9.17) is 0 Å². The molecule has 1 heterocycles. The zero-order valence-electron chi connectivity index (χ0n) is 11.6. The number of nitrogens with zero attached hydrogens (tertiary/aromatic N) is 2. The highest BCUT2D eigenvalue weighted by Crippen LogP contribution is 2.31. The van der Waals surface area contributed by atoms with Gasteiger partial charge in [0.15, 0.2) is 23.3 Å². The van der Waals surface area contributed by atoms with Crippen molar-refractivity contribution in [2.45, 2.75) is 0 Å². The lowest BCUT2D eigenvalue weighted by Crippen LogP contribution is -2.27. The molecular formula is C15H10F6N2. The van der Waals surface area contributed by atoms with Crippen LogP contribution in [0, 0.1) is 34.9 Å². The van der Waals surface area contributed by atoms with Gasteiger partial charge in [0.25, 0.3) is 0 Å². The SMILES string of the molecule is Fc1cc(F)c(N2CCN(c3c(F)cc(F)cc3F)C2)c(F)c1. The van der Waals surface area contributed by atoms with Gasteiger partial charge in [-0.1, -0.05) is 0 Å². The molecule has 0 aromatic heterocycles. The Morgan fingerprint density at radius 1 is 0.565 bits per heavy atom. The molecule has 0 amide bonds. The minimum absolute atomic E-state index is 0.0652. The Kier molecular flexibility index (Phi) is 3.83. The molecule has 1 fully saturated rings. The van der Waals surface area contributed by atoms with Crippen LogP contribution in [-0.4, -0.2) is 19.8 Å². The number of hydrogen-bond acceptors (Lipinski definition) is 2. The normalized spacial score (nSPS) is 14.7. The molecule has 23 heavy (non-hydrogen) atoms. The molecule has 2 aromatic carbocycles. The van der Waals surface area contributed by atoms with Crippen molar-refractivity contribution in [3.05, 3.63) is 59.2 Å². The maximum Gasteiger partial charge on any atom is 0.152 e. The predicted molar refractivity (Wildman–Crippen MR) is 72.2 cm³/mol. The van der Waals surface area contributed by atoms with Gasteiger partial charge in [-0.05, 0) is 0 Å². The molecule has 0 atom stereocenters. The third-order valence-electron chi connectivity index (χ3n) is 3.58. The Morgan fingerprint density at radius 3 is 1.17 bits per heavy atom. The summed E-state index contributed by atoms with van der Waals surface area (Å²) in [7, 11) is 0. The first kappa shape index (κ1) is 15.5. The smallest absolute Gasteiger partial charge is 0.152 e. The van der Waals surface area contributed by atoms with Crippen molar-refractivity contribution in [3.8, 4) is 0 Å². The standard InChI is InChI=1S/C15H10F6N2/c16-8-3-10(18)14(11(19)4-8)22-1-2-23(7-22)15-12(20)5-9(17)6-13(15)21/h3-6H,1-2,7H2. The molecule has 2 aromatic rings. The van der Waals surface area contributed by atoms with Gasteiger partial charge in [-0.3, -0.25) is 0 Å². The van der Waals surface area contributed by atoms with Crippen molar-refractivity contribution in [3.63, 3.8) is 0 Å². The fourth-order valence-electron chi connectivity index (χ4n) is 2.63. The topological polar surface area (TPSA) is 6.48 Å². The van der Waals surface area contributed by atoms with Crippen molar-refractivity contribution < 1.29 is 26.3 Å². The fourth-order valence-corrected chi connectivity index (χ4v) is 2.63. The summed E-state index contributed by atoms with van der Waals surface area (Å²) in [5.41, 5.74) is -0.950. The van der Waals surface area contributed by atoms with Crippen LogP contribution in [0.3, 0.4) is 0 Å². The summed E-state index contributed by atoms with van der Waals surface area (Å²) in [4.78, 5) is 2.37. The van der Waals surface area contributed by atoms with Crippen LogP contribution >= 0.6 is 0 Å². The second-order valence-electron chi connectivity index (χ2n) is 5.10. The van der Waals surface area contributed by atoms with Crippen LogP contribution in [0.4, 0.5) is 37.7 Å². The summed E-state index contributed by atoms with van der Waals surface area (Å²) in [6.07, 6.45) is 0. The number of halogens is 6. The lowest BCUT2D eigenvalue weighted by Gasteiger charge is -2.22. The summed E-state index contributed by atoms with van der Waals surface area (Å²) in [5, 5.41) is 0. The Balaban J connectivity index is 1.91. The summed E-state index contributed by atoms with van der Waals surface area (Å²) in [6, 6.07) is 2.11. The van der Waals surface area contributed by atoms with Gasteiger partial charge in [0.05, 0.1) is 6.67 Å². The minimum atomic E-state index is -1.11. The van der Waals surface area contributed by atoms with E-state index in [9.17, 15) is 26.3 Å². The van der Waals surface area contributed by atoms with E-state index in [2.05, 4.69) is 0 Å². The Labute approximate surface area is 127 Å². The quantitative estimate of drug-likeness (QED) is 0.772. The molecule has 0 N–H and O–H groups in total. The molecule has 2 nitrogen and oxygen atoms in total. The van der Waals surface area contributed by atoms with Crippen LogP contribution in [-0.2, 0) is 0 Å². The molecule has 1 aliphatic heterocycles. The highest BCUT2D eigenvalue weighted by atomic mass is 19.2. The molecule has 122 valence electrons. The molecular weight excluding hydrogens is 322 g/mol. The molecule has 0 unspecified atom stereocenters. The van der Waals surface area contributed by atoms with Crippen LogP contribution < -0.4 is 9.80 Å². The molecule has 8 heteroatoms. The Hall–Kier alpha value is -2.38. The van der Waals surface area contributed by atoms with Gasteiger partial charge in [0.2, 0.25) is 0 Å². The van der Waals surface area contributed by atoms with Crippen molar-refractivity contribution in [1.82, 2.24) is 0 Å². The molecule has 0 bridgehead atoms. The molecule has 0 spiro atoms. The van der Waals surface area contributed by atoms with Gasteiger partial charge in [-0.25, -0.2) is 26.3 Å². The zero-order valence-corrected chi connectivity index (χ0v) is 11.6. The van der Waals surface area contributed by atoms with Crippen LogP contribution in [0.25, 0.3) is 0 Å². The van der Waals surface area contributed by atoms with E-state index in [1.54, 1.807) is 0 Å². The number of anilines is 2. The maximum atomic E-state index is 13.8. The van der Waals surface area contributed by atoms with Gasteiger partial charge in [0, 0.05) is 37.4 Å². The van der Waals surface area contributed by atoms with Crippen LogP contribution in [0.2, 0.25) is 0 Å². The van der Waals surface area contributed by atoms with Crippen LogP contribution in [0.5, 0.6) is 0 Å². The van der Waals surface area contributed by atoms with E-state index in [0.29, 0.717) is 24.3 Å². The number of benzene rings is 2. The highest BCUT2D eigenvalue weighted by Gasteiger charge is 2.29. The summed E-state index contributed by atoms with van der Waals surface area (Å²) < 4.78 is 80.9. The number of rotatable bonds is 2. The van der Waals surface area contributed by atoms with E-state index in [1.807, 2.05) is 0 Å². The fraction of sp³-hybridized carbons (Fsp3) is 0.200. The molecule has 3 rings (SSSR count). The second kappa shape index (κ2) is 5.68. The Bertz CT molecular complexity index is 654. The van der Waals surface area contributed by atoms with E-state index >= 15 is 0 Å². The maximum absolute atomic E-state index is 13.8. The summed E-state index contributed by atoms with van der Waals surface area (Å²) in [5.74, 6) is -6.55. The van der Waals surface area contributed by atoms with E-state index in [-0.39, 0.29) is 19.8 Å². The highest BCUT2D eigenvalue weighted by molar-refractivity contribution is 5.57. The van der Waals surface area contributed by atoms with E-state index in [0.717, 1.165) is 0 Å². The first-order valence-electron chi connectivity index (χ1n) is 6.66. The first-order chi connectivity index (χ1) is 10.9. The molecule has 0 saturated carbocycles. The van der Waals surface area contributed by atoms with Gasteiger partial charge in [0.1, 0.15) is 23.0 Å². The van der Waals surface area contributed by atoms with Crippen LogP contribution in [0.1, 0.15) is 0 Å². The predicted octanol–water partition coefficient (Wildman–Crippen LogP) is 3.81. The van der Waals surface area contributed by atoms with Crippen molar-refractivity contribution in [1.29, 1.82) is 0 Å². The monoisotopic (exact) mass is 332 g/mol. The number of hydrogen-bond donors (Lipinski definition) is 0. The third kappa shape index (κ3) is 2.80.